The molecule has 0 aliphatic heterocycles. The summed E-state index contributed by atoms with van der Waals surface area (Å²) in [4.78, 5) is 24.2. The molecule has 21 heavy (non-hydrogen) atoms. The van der Waals surface area contributed by atoms with Crippen molar-refractivity contribution in [3.8, 4) is 11.6 Å². The Morgan fingerprint density at radius 2 is 1.90 bits per heavy atom. The van der Waals surface area contributed by atoms with Gasteiger partial charge in [0.15, 0.2) is 0 Å². The molecule has 1 aromatic heterocycles. The van der Waals surface area contributed by atoms with E-state index in [4.69, 9.17) is 16.3 Å². The first-order valence-corrected chi connectivity index (χ1v) is 6.00. The second kappa shape index (κ2) is 5.71. The highest BCUT2D eigenvalue weighted by Crippen LogP contribution is 2.32. The van der Waals surface area contributed by atoms with Gasteiger partial charge in [-0.1, -0.05) is 17.7 Å². The average Bonchev–Trinajstić information content (AvgIpc) is 2.40. The molecular weight excluding hydrogens is 302 g/mol. The number of hydrogen-bond donors (Lipinski definition) is 0. The lowest BCUT2D eigenvalue weighted by molar-refractivity contribution is -0.385. The second-order valence-corrected chi connectivity index (χ2v) is 4.39. The van der Waals surface area contributed by atoms with E-state index in [0.717, 1.165) is 12.1 Å². The molecule has 9 heteroatoms. The zero-order valence-electron chi connectivity index (χ0n) is 10.6. The highest BCUT2D eigenvalue weighted by Gasteiger charge is 2.17. The van der Waals surface area contributed by atoms with Gasteiger partial charge < -0.3 is 4.74 Å². The molecule has 0 saturated heterocycles. The fourth-order valence-electron chi connectivity index (χ4n) is 1.64. The lowest BCUT2D eigenvalue weighted by Crippen LogP contribution is -1.97. The van der Waals surface area contributed by atoms with Crippen LogP contribution < -0.4 is 4.74 Å². The van der Waals surface area contributed by atoms with Gasteiger partial charge in [-0.15, -0.1) is 0 Å². The molecule has 0 bridgehead atoms. The van der Waals surface area contributed by atoms with Crippen LogP contribution in [0.1, 0.15) is 5.56 Å². The van der Waals surface area contributed by atoms with E-state index >= 15 is 0 Å². The van der Waals surface area contributed by atoms with Gasteiger partial charge in [0.2, 0.25) is 5.88 Å². The summed E-state index contributed by atoms with van der Waals surface area (Å²) in [7, 11) is 0. The van der Waals surface area contributed by atoms with Crippen molar-refractivity contribution in [2.45, 2.75) is 6.92 Å². The van der Waals surface area contributed by atoms with Crippen LogP contribution in [0.15, 0.2) is 30.3 Å². The molecule has 0 radical (unpaired) electrons. The van der Waals surface area contributed by atoms with Crippen LogP contribution in [-0.4, -0.2) is 14.8 Å². The lowest BCUT2D eigenvalue weighted by Gasteiger charge is -2.08. The number of nitro groups is 2. The predicted octanol–water partition coefficient (Wildman–Crippen LogP) is 3.65. The maximum absolute atomic E-state index is 10.8. The number of nitrogens with zero attached hydrogens (tertiary/aromatic N) is 3. The zero-order chi connectivity index (χ0) is 15.6. The van der Waals surface area contributed by atoms with E-state index in [1.165, 1.54) is 25.1 Å². The number of hydrogen-bond acceptors (Lipinski definition) is 6. The first-order chi connectivity index (χ1) is 9.88. The van der Waals surface area contributed by atoms with Crippen LogP contribution in [0, 0.1) is 27.2 Å². The van der Waals surface area contributed by atoms with E-state index in [1.54, 1.807) is 0 Å². The number of aromatic nitrogens is 1. The number of benzene rings is 1. The van der Waals surface area contributed by atoms with Crippen LogP contribution in [0.5, 0.6) is 11.6 Å². The highest BCUT2D eigenvalue weighted by molar-refractivity contribution is 6.29. The van der Waals surface area contributed by atoms with Crippen LogP contribution in [0.4, 0.5) is 11.4 Å². The van der Waals surface area contributed by atoms with Crippen LogP contribution >= 0.6 is 11.6 Å². The Balaban J connectivity index is 2.41. The monoisotopic (exact) mass is 309 g/mol. The fourth-order valence-corrected chi connectivity index (χ4v) is 1.84. The van der Waals surface area contributed by atoms with E-state index < -0.39 is 9.85 Å². The van der Waals surface area contributed by atoms with Crippen LogP contribution in [0.2, 0.25) is 5.15 Å². The van der Waals surface area contributed by atoms with Gasteiger partial charge in [-0.3, -0.25) is 20.2 Å². The van der Waals surface area contributed by atoms with Crippen molar-refractivity contribution in [1.82, 2.24) is 4.98 Å². The Morgan fingerprint density at radius 3 is 2.52 bits per heavy atom. The van der Waals surface area contributed by atoms with Gasteiger partial charge in [-0.2, -0.15) is 0 Å². The summed E-state index contributed by atoms with van der Waals surface area (Å²) in [5.74, 6) is 0.0612. The van der Waals surface area contributed by atoms with Crippen molar-refractivity contribution < 1.29 is 14.6 Å². The topological polar surface area (TPSA) is 108 Å². The molecule has 0 spiro atoms. The minimum absolute atomic E-state index is 0.109. The van der Waals surface area contributed by atoms with E-state index in [0.29, 0.717) is 0 Å². The van der Waals surface area contributed by atoms with Crippen LogP contribution in [0.25, 0.3) is 0 Å². The van der Waals surface area contributed by atoms with Gasteiger partial charge in [0.1, 0.15) is 10.9 Å². The van der Waals surface area contributed by atoms with Gasteiger partial charge in [0.25, 0.3) is 11.4 Å². The Kier molecular flexibility index (Phi) is 3.99. The molecule has 0 fully saturated rings. The van der Waals surface area contributed by atoms with Crippen molar-refractivity contribution in [2.75, 3.05) is 0 Å². The summed E-state index contributed by atoms with van der Waals surface area (Å²) in [5, 5.41) is 21.5. The number of pyridine rings is 1. The minimum Gasteiger partial charge on any atom is -0.438 e. The second-order valence-electron chi connectivity index (χ2n) is 4.00. The Hall–Kier alpha value is -2.74. The van der Waals surface area contributed by atoms with E-state index in [9.17, 15) is 20.2 Å². The quantitative estimate of drug-likeness (QED) is 0.484. The van der Waals surface area contributed by atoms with Crippen LogP contribution in [0.3, 0.4) is 0 Å². The van der Waals surface area contributed by atoms with Crippen molar-refractivity contribution >= 4 is 23.0 Å². The molecule has 0 aliphatic carbocycles. The summed E-state index contributed by atoms with van der Waals surface area (Å²) in [6.07, 6.45) is 0. The standard InChI is InChI=1S/C12H8ClN3O5/c1-7-9(16(19)20)3-2-4-10(7)21-12-6-8(15(17)18)5-11(13)14-12/h2-6H,1H3. The van der Waals surface area contributed by atoms with Gasteiger partial charge in [0, 0.05) is 6.07 Å². The summed E-state index contributed by atoms with van der Waals surface area (Å²) >= 11 is 5.68. The normalized spacial score (nSPS) is 10.2. The largest absolute Gasteiger partial charge is 0.438 e. The van der Waals surface area contributed by atoms with E-state index in [1.807, 2.05) is 0 Å². The summed E-state index contributed by atoms with van der Waals surface area (Å²) in [5.41, 5.74) is -0.121. The average molecular weight is 310 g/mol. The third kappa shape index (κ3) is 3.23. The molecule has 1 aromatic carbocycles. The van der Waals surface area contributed by atoms with Gasteiger partial charge in [-0.05, 0) is 13.0 Å². The van der Waals surface area contributed by atoms with Gasteiger partial charge >= 0.3 is 0 Å². The first-order valence-electron chi connectivity index (χ1n) is 5.62. The van der Waals surface area contributed by atoms with Gasteiger partial charge in [0.05, 0.1) is 27.5 Å². The van der Waals surface area contributed by atoms with Gasteiger partial charge in [-0.25, -0.2) is 4.98 Å². The summed E-state index contributed by atoms with van der Waals surface area (Å²) in [6, 6.07) is 6.44. The molecule has 0 amide bonds. The molecule has 0 aliphatic rings. The lowest BCUT2D eigenvalue weighted by atomic mass is 10.2. The molecular formula is C12H8ClN3O5. The summed E-state index contributed by atoms with van der Waals surface area (Å²) in [6.45, 7) is 1.51. The van der Waals surface area contributed by atoms with Crippen molar-refractivity contribution in [3.05, 3.63) is 61.3 Å². The number of halogens is 1. The number of ether oxygens (including phenoxy) is 1. The van der Waals surface area contributed by atoms with Crippen molar-refractivity contribution in [3.63, 3.8) is 0 Å². The molecule has 108 valence electrons. The highest BCUT2D eigenvalue weighted by atomic mass is 35.5. The summed E-state index contributed by atoms with van der Waals surface area (Å²) < 4.78 is 5.37. The molecule has 8 nitrogen and oxygen atoms in total. The molecule has 2 rings (SSSR count). The Morgan fingerprint density at radius 1 is 1.19 bits per heavy atom. The predicted molar refractivity (Wildman–Crippen MR) is 73.8 cm³/mol. The molecule has 0 saturated carbocycles. The Labute approximate surface area is 123 Å². The van der Waals surface area contributed by atoms with Crippen LogP contribution in [-0.2, 0) is 0 Å². The molecule has 0 unspecified atom stereocenters. The molecule has 0 atom stereocenters. The SMILES string of the molecule is Cc1c(Oc2cc([N+](=O)[O-])cc(Cl)n2)cccc1[N+](=O)[O-]. The smallest absolute Gasteiger partial charge is 0.277 e. The number of rotatable bonds is 4. The minimum atomic E-state index is -0.638. The van der Waals surface area contributed by atoms with Crippen molar-refractivity contribution in [2.24, 2.45) is 0 Å². The van der Waals surface area contributed by atoms with E-state index in [2.05, 4.69) is 4.98 Å². The maximum Gasteiger partial charge on any atom is 0.277 e. The molecule has 2 aromatic rings. The zero-order valence-corrected chi connectivity index (χ0v) is 11.4. The first kappa shape index (κ1) is 14.7. The van der Waals surface area contributed by atoms with Crippen molar-refractivity contribution in [1.29, 1.82) is 0 Å². The third-order valence-corrected chi connectivity index (χ3v) is 2.83. The van der Waals surface area contributed by atoms with E-state index in [-0.39, 0.29) is 33.7 Å². The molecule has 0 N–H and O–H groups in total. The molecule has 1 heterocycles. The third-order valence-electron chi connectivity index (χ3n) is 2.63. The Bertz CT molecular complexity index is 735. The number of nitro benzene ring substituents is 1. The fraction of sp³-hybridized carbons (Fsp3) is 0.0833. The maximum atomic E-state index is 10.8.